The highest BCUT2D eigenvalue weighted by atomic mass is 19.1. The normalized spacial score (nSPS) is 13.8. The maximum atomic E-state index is 15.4. The Balaban J connectivity index is 1.42. The molecule has 0 unspecified atom stereocenters. The number of imide groups is 1. The number of aromatic nitrogens is 1. The Morgan fingerprint density at radius 3 is 2.01 bits per heavy atom. The van der Waals surface area contributed by atoms with Crippen molar-refractivity contribution in [3.05, 3.63) is 132 Å². The van der Waals surface area contributed by atoms with Crippen molar-refractivity contribution in [1.82, 2.24) is 41.0 Å². The molecule has 0 radical (unpaired) electrons. The average molecular weight is 1010 g/mol. The lowest BCUT2D eigenvalue weighted by Crippen LogP contribution is -2.58. The lowest BCUT2D eigenvalue weighted by molar-refractivity contribution is -0.141. The number of amides is 9. The van der Waals surface area contributed by atoms with Gasteiger partial charge in [-0.2, -0.15) is 0 Å². The first-order valence-corrected chi connectivity index (χ1v) is 23.2. The number of rotatable bonds is 24. The summed E-state index contributed by atoms with van der Waals surface area (Å²) < 4.78 is 36.9. The quantitative estimate of drug-likeness (QED) is 0.0394. The molecule has 1 aliphatic rings. The van der Waals surface area contributed by atoms with Gasteiger partial charge in [-0.3, -0.25) is 43.3 Å². The fourth-order valence-corrected chi connectivity index (χ4v) is 7.92. The molecule has 1 aliphatic heterocycles. The molecule has 4 atom stereocenters. The highest BCUT2D eigenvalue weighted by molar-refractivity contribution is 6.14. The lowest BCUT2D eigenvalue weighted by atomic mass is 9.82. The summed E-state index contributed by atoms with van der Waals surface area (Å²) in [5, 5.41) is 22.7. The van der Waals surface area contributed by atoms with Crippen molar-refractivity contribution in [1.29, 1.82) is 0 Å². The van der Waals surface area contributed by atoms with Crippen LogP contribution in [-0.2, 0) is 56.2 Å². The molecule has 0 aliphatic carbocycles. The van der Waals surface area contributed by atoms with E-state index < -0.39 is 114 Å². The number of nitrogens with one attached hydrogen (secondary N) is 5. The van der Waals surface area contributed by atoms with Crippen molar-refractivity contribution in [2.45, 2.75) is 77.9 Å². The van der Waals surface area contributed by atoms with E-state index in [-0.39, 0.29) is 50.3 Å². The molecule has 2 heterocycles. The van der Waals surface area contributed by atoms with Crippen LogP contribution in [0.3, 0.4) is 0 Å². The van der Waals surface area contributed by atoms with Crippen molar-refractivity contribution in [2.24, 2.45) is 11.1 Å². The third-order valence-electron chi connectivity index (χ3n) is 11.5. The van der Waals surface area contributed by atoms with Crippen LogP contribution in [0.25, 0.3) is 11.1 Å². The van der Waals surface area contributed by atoms with E-state index in [0.717, 1.165) is 35.9 Å². The molecule has 0 fully saturated rings. The highest BCUT2D eigenvalue weighted by Gasteiger charge is 2.39. The predicted molar refractivity (Wildman–Crippen MR) is 260 cm³/mol. The standard InChI is InChI=1S/C51H59F2N9O11/c1-31(57-50(72)73-30-33-13-9-6-10-14-33)47(69)59-39(25-41(54)64)49(71)58-38(48(70)56-21-20-55-42(65)28-62-43(66)17-18-44(62)67)19-22-61(45(68)29-63)46(51(2,3)4)40-23-34(36-24-35(52)15-16-37(36)53)27-60(40)26-32-11-7-5-8-12-32/h5-18,23-24,27,31,38-39,46,63H,19-22,25-26,28-30H2,1-4H3,(H2,54,64)(H,55,65)(H,56,70)(H,57,72)(H,58,71)(H,59,69)/t31-,38-,39-,46-/m0/s1. The second-order valence-electron chi connectivity index (χ2n) is 18.2. The zero-order chi connectivity index (χ0) is 53.4. The number of aliphatic hydroxyl groups excluding tert-OH is 1. The monoisotopic (exact) mass is 1010 g/mol. The van der Waals surface area contributed by atoms with E-state index in [9.17, 15) is 52.6 Å². The SMILES string of the molecule is C[C@H](NC(=O)OCc1ccccc1)C(=O)N[C@@H](CC(N)=O)C(=O)N[C@@H](CCN(C(=O)CO)[C@@H](c1cc(-c2cc(F)ccc2F)cn1Cc1ccccc1)C(C)(C)C)C(=O)NCCNC(=O)CN1C(=O)C=CC1=O. The molecular weight excluding hydrogens is 953 g/mol. The number of nitrogens with two attached hydrogens (primary N) is 1. The maximum absolute atomic E-state index is 15.4. The number of hydrogen-bond donors (Lipinski definition) is 7. The molecule has 22 heteroatoms. The van der Waals surface area contributed by atoms with Gasteiger partial charge in [-0.1, -0.05) is 81.4 Å². The van der Waals surface area contributed by atoms with E-state index in [1.165, 1.54) is 11.8 Å². The molecule has 0 bridgehead atoms. The fourth-order valence-electron chi connectivity index (χ4n) is 7.92. The van der Waals surface area contributed by atoms with Crippen molar-refractivity contribution in [3.63, 3.8) is 0 Å². The van der Waals surface area contributed by atoms with Gasteiger partial charge in [0.2, 0.25) is 35.4 Å². The van der Waals surface area contributed by atoms with Crippen LogP contribution >= 0.6 is 0 Å². The molecule has 0 spiro atoms. The number of nitrogens with zero attached hydrogens (tertiary/aromatic N) is 3. The second kappa shape index (κ2) is 25.7. The van der Waals surface area contributed by atoms with Crippen molar-refractivity contribution >= 4 is 53.4 Å². The van der Waals surface area contributed by atoms with Crippen LogP contribution in [0, 0.1) is 17.0 Å². The molecule has 9 amide bonds. The molecule has 8 N–H and O–H groups in total. The van der Waals surface area contributed by atoms with Gasteiger partial charge in [0.1, 0.15) is 49.5 Å². The van der Waals surface area contributed by atoms with Gasteiger partial charge in [0.05, 0.1) is 12.5 Å². The molecule has 388 valence electrons. The number of carbonyl (C=O) groups is 9. The zero-order valence-electron chi connectivity index (χ0n) is 40.7. The molecule has 20 nitrogen and oxygen atoms in total. The van der Waals surface area contributed by atoms with E-state index in [0.29, 0.717) is 16.2 Å². The number of hydrogen-bond acceptors (Lipinski definition) is 11. The van der Waals surface area contributed by atoms with Crippen LogP contribution in [-0.4, -0.2) is 124 Å². The number of halogens is 2. The molecule has 73 heavy (non-hydrogen) atoms. The largest absolute Gasteiger partial charge is 0.445 e. The van der Waals surface area contributed by atoms with E-state index in [4.69, 9.17) is 10.5 Å². The third kappa shape index (κ3) is 16.1. The van der Waals surface area contributed by atoms with Crippen LogP contribution in [0.1, 0.15) is 63.4 Å². The Hall–Kier alpha value is -8.27. The smallest absolute Gasteiger partial charge is 0.408 e. The van der Waals surface area contributed by atoms with Crippen LogP contribution in [0.4, 0.5) is 13.6 Å². The van der Waals surface area contributed by atoms with Crippen molar-refractivity contribution in [2.75, 3.05) is 32.8 Å². The topological polar surface area (TPSA) is 281 Å². The lowest BCUT2D eigenvalue weighted by Gasteiger charge is -2.41. The maximum Gasteiger partial charge on any atom is 0.408 e. The molecule has 0 saturated carbocycles. The first kappa shape index (κ1) is 55.7. The minimum Gasteiger partial charge on any atom is -0.445 e. The summed E-state index contributed by atoms with van der Waals surface area (Å²) in [6.07, 6.45) is 1.52. The summed E-state index contributed by atoms with van der Waals surface area (Å²) in [4.78, 5) is 119. The van der Waals surface area contributed by atoms with Gasteiger partial charge in [-0.25, -0.2) is 13.6 Å². The zero-order valence-corrected chi connectivity index (χ0v) is 40.7. The van der Waals surface area contributed by atoms with Gasteiger partial charge in [-0.05, 0) is 54.2 Å². The second-order valence-corrected chi connectivity index (χ2v) is 18.2. The summed E-state index contributed by atoms with van der Waals surface area (Å²) in [7, 11) is 0. The van der Waals surface area contributed by atoms with Gasteiger partial charge in [0.25, 0.3) is 11.8 Å². The summed E-state index contributed by atoms with van der Waals surface area (Å²) in [6.45, 7) is 4.35. The van der Waals surface area contributed by atoms with Crippen LogP contribution in [0.5, 0.6) is 0 Å². The predicted octanol–water partition coefficient (Wildman–Crippen LogP) is 2.10. The number of benzene rings is 3. The number of ether oxygens (including phenoxy) is 1. The van der Waals surface area contributed by atoms with Crippen molar-refractivity contribution in [3.8, 4) is 11.1 Å². The number of alkyl carbamates (subject to hydrolysis) is 1. The van der Waals surface area contributed by atoms with Gasteiger partial charge in [0.15, 0.2) is 0 Å². The summed E-state index contributed by atoms with van der Waals surface area (Å²) in [5.74, 6) is -8.24. The first-order valence-electron chi connectivity index (χ1n) is 23.2. The van der Waals surface area contributed by atoms with Gasteiger partial charge >= 0.3 is 6.09 Å². The van der Waals surface area contributed by atoms with E-state index in [1.54, 1.807) is 67.9 Å². The fraction of sp³-hybridized carbons (Fsp3) is 0.353. The molecular formula is C51H59F2N9O11. The van der Waals surface area contributed by atoms with Crippen molar-refractivity contribution < 1.29 is 61.8 Å². The van der Waals surface area contributed by atoms with Gasteiger partial charge < -0.3 is 51.6 Å². The minimum atomic E-state index is -1.71. The van der Waals surface area contributed by atoms with Crippen LogP contribution in [0.15, 0.2) is 103 Å². The van der Waals surface area contributed by atoms with E-state index in [2.05, 4.69) is 26.6 Å². The van der Waals surface area contributed by atoms with Gasteiger partial charge in [0, 0.05) is 61.3 Å². The highest BCUT2D eigenvalue weighted by Crippen LogP contribution is 2.41. The Bertz CT molecular complexity index is 2680. The minimum absolute atomic E-state index is 0.0582. The summed E-state index contributed by atoms with van der Waals surface area (Å²) in [5.41, 5.74) is 6.74. The first-order chi connectivity index (χ1) is 34.6. The van der Waals surface area contributed by atoms with Crippen LogP contribution < -0.4 is 32.3 Å². The average Bonchev–Trinajstić information content (AvgIpc) is 3.90. The molecule has 5 rings (SSSR count). The third-order valence-corrected chi connectivity index (χ3v) is 11.5. The molecule has 0 saturated heterocycles. The number of primary amides is 1. The summed E-state index contributed by atoms with van der Waals surface area (Å²) in [6, 6.07) is 16.9. The molecule has 4 aromatic rings. The Morgan fingerprint density at radius 2 is 1.40 bits per heavy atom. The number of carbonyl (C=O) groups excluding carboxylic acids is 9. The summed E-state index contributed by atoms with van der Waals surface area (Å²) >= 11 is 0. The van der Waals surface area contributed by atoms with Crippen LogP contribution in [0.2, 0.25) is 0 Å². The Kier molecular flexibility index (Phi) is 19.6. The number of aliphatic hydroxyl groups is 1. The molecule has 3 aromatic carbocycles. The Morgan fingerprint density at radius 1 is 0.781 bits per heavy atom. The van der Waals surface area contributed by atoms with Gasteiger partial charge in [-0.15, -0.1) is 0 Å². The molecule has 1 aromatic heterocycles. The van der Waals surface area contributed by atoms with E-state index in [1.807, 2.05) is 30.3 Å². The van der Waals surface area contributed by atoms with E-state index >= 15 is 4.39 Å². The Labute approximate surface area is 419 Å².